The van der Waals surface area contributed by atoms with E-state index in [2.05, 4.69) is 10.2 Å². The molecule has 140 valence electrons. The Balaban J connectivity index is 1.47. The van der Waals surface area contributed by atoms with Crippen molar-refractivity contribution in [3.63, 3.8) is 0 Å². The molecule has 4 rings (SSSR count). The Morgan fingerprint density at radius 1 is 1.19 bits per heavy atom. The predicted octanol–water partition coefficient (Wildman–Crippen LogP) is 4.60. The SMILES string of the molecule is COc1ccc(-c2nnc([C@H](C)OC(=O)c3csc4c3CCCC4)o2)cc1. The second-order valence-corrected chi connectivity index (χ2v) is 7.44. The zero-order valence-corrected chi connectivity index (χ0v) is 16.0. The normalized spacial score (nSPS) is 14.4. The van der Waals surface area contributed by atoms with Gasteiger partial charge in [0.15, 0.2) is 6.10 Å². The summed E-state index contributed by atoms with van der Waals surface area (Å²) in [5.74, 6) is 1.08. The molecule has 0 saturated carbocycles. The van der Waals surface area contributed by atoms with Gasteiger partial charge in [-0.05, 0) is 62.4 Å². The molecular formula is C20H20N2O4S. The van der Waals surface area contributed by atoms with E-state index in [1.807, 2.05) is 29.6 Å². The molecule has 1 aliphatic carbocycles. The molecule has 1 aromatic carbocycles. The maximum Gasteiger partial charge on any atom is 0.340 e. The summed E-state index contributed by atoms with van der Waals surface area (Å²) >= 11 is 1.65. The van der Waals surface area contributed by atoms with Gasteiger partial charge in [0.2, 0.25) is 5.89 Å². The van der Waals surface area contributed by atoms with Crippen molar-refractivity contribution >= 4 is 17.3 Å². The molecule has 6 nitrogen and oxygen atoms in total. The lowest BCUT2D eigenvalue weighted by molar-refractivity contribution is 0.0279. The highest BCUT2D eigenvalue weighted by molar-refractivity contribution is 7.10. The van der Waals surface area contributed by atoms with Gasteiger partial charge in [-0.3, -0.25) is 0 Å². The van der Waals surface area contributed by atoms with Crippen molar-refractivity contribution in [2.75, 3.05) is 7.11 Å². The number of rotatable bonds is 5. The Labute approximate surface area is 161 Å². The largest absolute Gasteiger partial charge is 0.497 e. The highest BCUT2D eigenvalue weighted by Crippen LogP contribution is 2.32. The van der Waals surface area contributed by atoms with Gasteiger partial charge in [-0.1, -0.05) is 0 Å². The van der Waals surface area contributed by atoms with Gasteiger partial charge in [-0.15, -0.1) is 21.5 Å². The molecule has 2 aromatic heterocycles. The minimum Gasteiger partial charge on any atom is -0.497 e. The summed E-state index contributed by atoms with van der Waals surface area (Å²) in [7, 11) is 1.61. The van der Waals surface area contributed by atoms with Crippen molar-refractivity contribution in [3.8, 4) is 17.2 Å². The first-order valence-electron chi connectivity index (χ1n) is 8.93. The monoisotopic (exact) mass is 384 g/mol. The van der Waals surface area contributed by atoms with Crippen molar-refractivity contribution in [1.29, 1.82) is 0 Å². The minimum absolute atomic E-state index is 0.276. The number of ether oxygens (including phenoxy) is 2. The second kappa shape index (κ2) is 7.52. The summed E-state index contributed by atoms with van der Waals surface area (Å²) in [4.78, 5) is 13.9. The standard InChI is InChI=1S/C20H20N2O4S/c1-12(25-20(23)16-11-27-17-6-4-3-5-15(16)17)18-21-22-19(26-18)13-7-9-14(24-2)10-8-13/h7-12H,3-6H2,1-2H3/t12-/m0/s1. The average molecular weight is 384 g/mol. The van der Waals surface area contributed by atoms with Crippen molar-refractivity contribution in [1.82, 2.24) is 10.2 Å². The smallest absolute Gasteiger partial charge is 0.340 e. The van der Waals surface area contributed by atoms with Gasteiger partial charge in [0.1, 0.15) is 5.75 Å². The van der Waals surface area contributed by atoms with Crippen molar-refractivity contribution < 1.29 is 18.7 Å². The molecule has 0 fully saturated rings. The summed E-state index contributed by atoms with van der Waals surface area (Å²) in [5.41, 5.74) is 2.60. The summed E-state index contributed by atoms with van der Waals surface area (Å²) in [6.07, 6.45) is 3.69. The van der Waals surface area contributed by atoms with Gasteiger partial charge >= 0.3 is 5.97 Å². The van der Waals surface area contributed by atoms with Gasteiger partial charge in [0, 0.05) is 15.8 Å². The first kappa shape index (κ1) is 17.7. The summed E-state index contributed by atoms with van der Waals surface area (Å²) < 4.78 is 16.4. The number of aryl methyl sites for hydroxylation is 1. The zero-order valence-electron chi connectivity index (χ0n) is 15.2. The van der Waals surface area contributed by atoms with Gasteiger partial charge in [0.25, 0.3) is 5.89 Å². The van der Waals surface area contributed by atoms with Crippen LogP contribution < -0.4 is 4.74 Å². The maximum atomic E-state index is 12.6. The molecule has 7 heteroatoms. The van der Waals surface area contributed by atoms with E-state index in [1.165, 1.54) is 11.3 Å². The van der Waals surface area contributed by atoms with Crippen LogP contribution in [0.25, 0.3) is 11.5 Å². The molecule has 1 atom stereocenters. The van der Waals surface area contributed by atoms with Crippen LogP contribution in [0.5, 0.6) is 5.75 Å². The third-order valence-electron chi connectivity index (χ3n) is 4.69. The van der Waals surface area contributed by atoms with Crippen LogP contribution >= 0.6 is 11.3 Å². The van der Waals surface area contributed by atoms with E-state index in [1.54, 1.807) is 25.4 Å². The highest BCUT2D eigenvalue weighted by Gasteiger charge is 2.25. The van der Waals surface area contributed by atoms with Crippen LogP contribution in [0.4, 0.5) is 0 Å². The molecule has 0 spiro atoms. The van der Waals surface area contributed by atoms with E-state index < -0.39 is 6.10 Å². The van der Waals surface area contributed by atoms with Gasteiger partial charge in [-0.2, -0.15) is 0 Å². The first-order valence-corrected chi connectivity index (χ1v) is 9.81. The molecule has 2 heterocycles. The van der Waals surface area contributed by atoms with Crippen LogP contribution in [0, 0.1) is 0 Å². The topological polar surface area (TPSA) is 74.5 Å². The van der Waals surface area contributed by atoms with Crippen LogP contribution in [0.3, 0.4) is 0 Å². The van der Waals surface area contributed by atoms with Crippen molar-refractivity contribution in [2.45, 2.75) is 38.7 Å². The molecule has 0 radical (unpaired) electrons. The van der Waals surface area contributed by atoms with Crippen LogP contribution in [-0.4, -0.2) is 23.3 Å². The lowest BCUT2D eigenvalue weighted by atomic mass is 9.96. The van der Waals surface area contributed by atoms with Crippen LogP contribution in [0.2, 0.25) is 0 Å². The fourth-order valence-corrected chi connectivity index (χ4v) is 4.30. The molecule has 27 heavy (non-hydrogen) atoms. The van der Waals surface area contributed by atoms with E-state index in [0.717, 1.165) is 36.1 Å². The molecule has 3 aromatic rings. The van der Waals surface area contributed by atoms with Gasteiger partial charge in [-0.25, -0.2) is 4.79 Å². The molecule has 0 bridgehead atoms. The average Bonchev–Trinajstić information content (AvgIpc) is 3.35. The zero-order chi connectivity index (χ0) is 18.8. The maximum absolute atomic E-state index is 12.6. The van der Waals surface area contributed by atoms with E-state index in [-0.39, 0.29) is 11.9 Å². The predicted molar refractivity (Wildman–Crippen MR) is 101 cm³/mol. The Hall–Kier alpha value is -2.67. The number of aromatic nitrogens is 2. The molecule has 0 aliphatic heterocycles. The van der Waals surface area contributed by atoms with Crippen molar-refractivity contribution in [3.05, 3.63) is 51.5 Å². The number of hydrogen-bond donors (Lipinski definition) is 0. The minimum atomic E-state index is -0.615. The second-order valence-electron chi connectivity index (χ2n) is 6.48. The van der Waals surface area contributed by atoms with Crippen LogP contribution in [-0.2, 0) is 17.6 Å². The lowest BCUT2D eigenvalue weighted by Crippen LogP contribution is -2.12. The molecule has 1 aliphatic rings. The third kappa shape index (κ3) is 3.60. The summed E-state index contributed by atoms with van der Waals surface area (Å²) in [5, 5.41) is 10.00. The Morgan fingerprint density at radius 2 is 1.96 bits per heavy atom. The lowest BCUT2D eigenvalue weighted by Gasteiger charge is -2.13. The molecule has 0 N–H and O–H groups in total. The Bertz CT molecular complexity index is 945. The van der Waals surface area contributed by atoms with E-state index >= 15 is 0 Å². The quantitative estimate of drug-likeness (QED) is 0.598. The molecule has 0 unspecified atom stereocenters. The third-order valence-corrected chi connectivity index (χ3v) is 5.78. The Morgan fingerprint density at radius 3 is 2.74 bits per heavy atom. The van der Waals surface area contributed by atoms with Crippen LogP contribution in [0.15, 0.2) is 34.1 Å². The molecule has 0 saturated heterocycles. The number of carbonyl (C=O) groups is 1. The summed E-state index contributed by atoms with van der Waals surface area (Å²) in [6.45, 7) is 1.74. The fraction of sp³-hybridized carbons (Fsp3) is 0.350. The number of methoxy groups -OCH3 is 1. The van der Waals surface area contributed by atoms with Gasteiger partial charge < -0.3 is 13.9 Å². The van der Waals surface area contributed by atoms with E-state index in [9.17, 15) is 4.79 Å². The first-order chi connectivity index (χ1) is 13.2. The fourth-order valence-electron chi connectivity index (χ4n) is 3.19. The number of nitrogens with zero attached hydrogens (tertiary/aromatic N) is 2. The van der Waals surface area contributed by atoms with E-state index in [0.29, 0.717) is 11.5 Å². The number of thiophene rings is 1. The number of fused-ring (bicyclic) bond motifs is 1. The molecular weight excluding hydrogens is 364 g/mol. The van der Waals surface area contributed by atoms with Gasteiger partial charge in [0.05, 0.1) is 12.7 Å². The van der Waals surface area contributed by atoms with Crippen molar-refractivity contribution in [2.24, 2.45) is 0 Å². The van der Waals surface area contributed by atoms with Crippen LogP contribution in [0.1, 0.15) is 52.6 Å². The van der Waals surface area contributed by atoms with E-state index in [4.69, 9.17) is 13.9 Å². The Kier molecular flexibility index (Phi) is 4.94. The number of esters is 1. The highest BCUT2D eigenvalue weighted by atomic mass is 32.1. The number of benzene rings is 1. The number of hydrogen-bond acceptors (Lipinski definition) is 7. The summed E-state index contributed by atoms with van der Waals surface area (Å²) in [6, 6.07) is 7.32. The molecule has 0 amide bonds. The number of carbonyl (C=O) groups excluding carboxylic acids is 1.